The van der Waals surface area contributed by atoms with E-state index in [0.29, 0.717) is 6.61 Å². The van der Waals surface area contributed by atoms with Gasteiger partial charge in [0.1, 0.15) is 18.8 Å². The van der Waals surface area contributed by atoms with Gasteiger partial charge in [-0.05, 0) is 57.1 Å². The van der Waals surface area contributed by atoms with Crippen molar-refractivity contribution in [3.63, 3.8) is 0 Å². The zero-order valence-electron chi connectivity index (χ0n) is 32.4. The van der Waals surface area contributed by atoms with E-state index in [1.807, 2.05) is 85.8 Å². The fourth-order valence-corrected chi connectivity index (χ4v) is 9.77. The lowest BCUT2D eigenvalue weighted by Gasteiger charge is -2.49. The average Bonchev–Trinajstić information content (AvgIpc) is 3.38. The predicted octanol–water partition coefficient (Wildman–Crippen LogP) is 9.73. The fraction of sp³-hybridized carbons (Fsp3) is 0.419. The van der Waals surface area contributed by atoms with Crippen LogP contribution in [0.3, 0.4) is 0 Å². The Morgan fingerprint density at radius 2 is 1.38 bits per heavy atom. The molecule has 1 aliphatic carbocycles. The van der Waals surface area contributed by atoms with Crippen LogP contribution in [0.2, 0.25) is 18.1 Å². The Morgan fingerprint density at radius 3 is 1.98 bits per heavy atom. The smallest absolute Gasteiger partial charge is 0.449 e. The highest BCUT2D eigenvalue weighted by Gasteiger charge is 2.52. The number of phosphoric ester groups is 1. The van der Waals surface area contributed by atoms with E-state index in [1.54, 1.807) is 0 Å². The molecule has 0 saturated carbocycles. The second-order valence-corrected chi connectivity index (χ2v) is 22.5. The van der Waals surface area contributed by atoms with Crippen LogP contribution in [0.1, 0.15) is 61.4 Å². The molecule has 12 heteroatoms. The maximum atomic E-state index is 14.3. The van der Waals surface area contributed by atoms with Crippen molar-refractivity contribution in [1.29, 1.82) is 0 Å². The molecule has 0 aromatic heterocycles. The first-order valence-corrected chi connectivity index (χ1v) is 23.4. The zero-order valence-corrected chi connectivity index (χ0v) is 34.3. The number of hydrogen-bond acceptors (Lipinski definition) is 9. The third-order valence-corrected chi connectivity index (χ3v) is 17.2. The maximum absolute atomic E-state index is 14.3. The summed E-state index contributed by atoms with van der Waals surface area (Å²) in [4.78, 5) is 13.9. The second-order valence-electron chi connectivity index (χ2n) is 16.1. The van der Waals surface area contributed by atoms with Crippen LogP contribution in [0.4, 0.5) is 4.79 Å². The van der Waals surface area contributed by atoms with Crippen molar-refractivity contribution < 1.29 is 41.6 Å². The summed E-state index contributed by atoms with van der Waals surface area (Å²) >= 11 is 0. The molecule has 4 aromatic rings. The third kappa shape index (κ3) is 8.85. The summed E-state index contributed by atoms with van der Waals surface area (Å²) in [6, 6.07) is 33.1. The van der Waals surface area contributed by atoms with Crippen LogP contribution < -0.4 is 5.32 Å². The molecule has 10 nitrogen and oxygen atoms in total. The number of ether oxygens (including phenoxy) is 3. The number of carbonyl (C=O) groups is 1. The molecule has 1 saturated heterocycles. The molecule has 1 fully saturated rings. The predicted molar refractivity (Wildman–Crippen MR) is 213 cm³/mol. The van der Waals surface area contributed by atoms with E-state index in [1.165, 1.54) is 0 Å². The Morgan fingerprint density at radius 1 is 0.818 bits per heavy atom. The van der Waals surface area contributed by atoms with Gasteiger partial charge < -0.3 is 24.0 Å². The molecule has 1 amide bonds. The summed E-state index contributed by atoms with van der Waals surface area (Å²) in [5.74, 6) is -0.628. The lowest BCUT2D eigenvalue weighted by atomic mass is 9.89. The molecule has 292 valence electrons. The zero-order chi connectivity index (χ0) is 38.8. The minimum absolute atomic E-state index is 0.0587. The largest absolute Gasteiger partial charge is 0.475 e. The molecule has 0 spiro atoms. The summed E-state index contributed by atoms with van der Waals surface area (Å²) in [7, 11) is -6.59. The van der Waals surface area contributed by atoms with Crippen LogP contribution in [0, 0.1) is 5.92 Å². The molecule has 4 aromatic carbocycles. The van der Waals surface area contributed by atoms with Crippen LogP contribution in [0.15, 0.2) is 103 Å². The molecular formula is C43H52NO9PSi. The number of amides is 1. The van der Waals surface area contributed by atoms with E-state index >= 15 is 0 Å². The number of carbonyl (C=O) groups excluding carboxylic acids is 1. The van der Waals surface area contributed by atoms with Crippen molar-refractivity contribution in [3.05, 3.63) is 131 Å². The van der Waals surface area contributed by atoms with Gasteiger partial charge in [-0.3, -0.25) is 13.6 Å². The van der Waals surface area contributed by atoms with Gasteiger partial charge >= 0.3 is 13.9 Å². The Labute approximate surface area is 325 Å². The maximum Gasteiger partial charge on any atom is 0.475 e. The normalized spacial score (nSPS) is 23.6. The Balaban J connectivity index is 1.14. The van der Waals surface area contributed by atoms with E-state index in [0.717, 1.165) is 38.9 Å². The van der Waals surface area contributed by atoms with Crippen LogP contribution >= 0.6 is 7.82 Å². The molecule has 5 atom stereocenters. The number of fused-ring (bicyclic) bond motifs is 4. The lowest BCUT2D eigenvalue weighted by molar-refractivity contribution is -0.233. The molecule has 1 N–H and O–H groups in total. The van der Waals surface area contributed by atoms with E-state index in [-0.39, 0.29) is 37.4 Å². The number of alkyl carbamates (subject to hydrolysis) is 1. The first kappa shape index (κ1) is 39.6. The molecule has 3 aliphatic rings. The highest BCUT2D eigenvalue weighted by molar-refractivity contribution is 7.48. The first-order valence-electron chi connectivity index (χ1n) is 19.0. The van der Waals surface area contributed by atoms with Crippen LogP contribution in [0.5, 0.6) is 0 Å². The SMILES string of the molecule is C[C@@H]1C(NC(=O)OCC2c3ccccc3-c3ccccc32)[C@H](O[Si](C)(C)C(C)(C)C)OC(COCc2ccccc2)[C@H]1OP1(=O)OCc2ccccc2CO1. The van der Waals surface area contributed by atoms with Gasteiger partial charge in [0.05, 0.1) is 32.5 Å². The first-order chi connectivity index (χ1) is 26.3. The second kappa shape index (κ2) is 16.4. The number of benzene rings is 4. The van der Waals surface area contributed by atoms with E-state index in [9.17, 15) is 9.36 Å². The molecule has 0 radical (unpaired) electrons. The van der Waals surface area contributed by atoms with Crippen molar-refractivity contribution in [1.82, 2.24) is 5.32 Å². The summed E-state index contributed by atoms with van der Waals surface area (Å²) in [6.45, 7) is 13.3. The van der Waals surface area contributed by atoms with Gasteiger partial charge in [-0.15, -0.1) is 0 Å². The van der Waals surface area contributed by atoms with Gasteiger partial charge in [0.25, 0.3) is 0 Å². The number of nitrogens with one attached hydrogen (secondary N) is 1. The summed E-state index contributed by atoms with van der Waals surface area (Å²) in [5.41, 5.74) is 7.26. The quantitative estimate of drug-likeness (QED) is 0.117. The minimum Gasteiger partial charge on any atom is -0.449 e. The molecule has 2 heterocycles. The fourth-order valence-electron chi connectivity index (χ4n) is 7.22. The van der Waals surface area contributed by atoms with E-state index in [2.05, 4.69) is 63.4 Å². The van der Waals surface area contributed by atoms with Crippen molar-refractivity contribution >= 4 is 22.2 Å². The molecule has 2 unspecified atom stereocenters. The van der Waals surface area contributed by atoms with Gasteiger partial charge in [-0.25, -0.2) is 9.36 Å². The molecule has 55 heavy (non-hydrogen) atoms. The van der Waals surface area contributed by atoms with Gasteiger partial charge in [-0.2, -0.15) is 0 Å². The van der Waals surface area contributed by atoms with Crippen molar-refractivity contribution in [2.45, 2.75) is 96.1 Å². The Bertz CT molecular complexity index is 1930. The third-order valence-electron chi connectivity index (χ3n) is 11.4. The van der Waals surface area contributed by atoms with Gasteiger partial charge in [0.15, 0.2) is 14.6 Å². The van der Waals surface area contributed by atoms with Crippen LogP contribution in [-0.2, 0) is 56.6 Å². The molecule has 2 aliphatic heterocycles. The molecule has 7 rings (SSSR count). The highest BCUT2D eigenvalue weighted by atomic mass is 31.2. The summed E-state index contributed by atoms with van der Waals surface area (Å²) < 4.78 is 58.4. The minimum atomic E-state index is -4.12. The summed E-state index contributed by atoms with van der Waals surface area (Å²) in [6.07, 6.45) is -3.14. The van der Waals surface area contributed by atoms with E-state index < -0.39 is 52.7 Å². The van der Waals surface area contributed by atoms with Gasteiger partial charge in [0, 0.05) is 11.8 Å². The number of phosphoric acid groups is 1. The van der Waals surface area contributed by atoms with Gasteiger partial charge in [-0.1, -0.05) is 131 Å². The lowest BCUT2D eigenvalue weighted by Crippen LogP contribution is -2.64. The monoisotopic (exact) mass is 785 g/mol. The topological polar surface area (TPSA) is 111 Å². The standard InChI is InChI=1S/C43H52NO9PSi/c1-29-39(44-42(45)48-27-37-35-22-14-12-20-33(35)34-21-13-15-23-36(34)37)41(53-55(5,6)43(2,3)4)51-38(28-47-24-30-16-8-7-9-17-30)40(29)52-54(46)49-25-31-18-10-11-19-32(31)26-50-54/h7-23,29,37-41H,24-28H2,1-6H3,(H,44,45)/t29-,38?,39?,40+,41+/m1/s1. The van der Waals surface area contributed by atoms with E-state index in [4.69, 9.17) is 32.2 Å². The molecular weight excluding hydrogens is 734 g/mol. The van der Waals surface area contributed by atoms with Crippen LogP contribution in [-0.4, -0.2) is 52.2 Å². The van der Waals surface area contributed by atoms with Crippen molar-refractivity contribution in [2.24, 2.45) is 5.92 Å². The van der Waals surface area contributed by atoms with Crippen LogP contribution in [0.25, 0.3) is 11.1 Å². The Hall–Kier alpha value is -3.64. The van der Waals surface area contributed by atoms with Crippen molar-refractivity contribution in [2.75, 3.05) is 13.2 Å². The van der Waals surface area contributed by atoms with Gasteiger partial charge in [0.2, 0.25) is 0 Å². The molecule has 0 bridgehead atoms. The highest BCUT2D eigenvalue weighted by Crippen LogP contribution is 2.56. The van der Waals surface area contributed by atoms with Crippen molar-refractivity contribution in [3.8, 4) is 11.1 Å². The Kier molecular flexibility index (Phi) is 11.8. The summed E-state index contributed by atoms with van der Waals surface area (Å²) in [5, 5.41) is 2.93. The number of rotatable bonds is 11. The average molecular weight is 786 g/mol. The number of hydrogen-bond donors (Lipinski definition) is 1.